The summed E-state index contributed by atoms with van der Waals surface area (Å²) < 4.78 is 5.42. The SMILES string of the molecule is COc1ccccc1-c1cccc(NC(=O)[C@@H]2CCCCN2)c1. The number of rotatable bonds is 4. The Morgan fingerprint density at radius 2 is 2.04 bits per heavy atom. The van der Waals surface area contributed by atoms with E-state index in [1.807, 2.05) is 48.5 Å². The maximum Gasteiger partial charge on any atom is 0.241 e. The average molecular weight is 310 g/mol. The predicted molar refractivity (Wildman–Crippen MR) is 92.7 cm³/mol. The standard InChI is InChI=1S/C19H22N2O2/c1-23-18-11-3-2-9-16(18)14-7-6-8-15(13-14)21-19(22)17-10-4-5-12-20-17/h2-3,6-9,11,13,17,20H,4-5,10,12H2,1H3,(H,21,22)/t17-/m0/s1. The molecule has 3 rings (SSSR count). The molecule has 4 nitrogen and oxygen atoms in total. The van der Waals surface area contributed by atoms with E-state index in [1.165, 1.54) is 0 Å². The summed E-state index contributed by atoms with van der Waals surface area (Å²) in [4.78, 5) is 12.3. The highest BCUT2D eigenvalue weighted by atomic mass is 16.5. The molecule has 2 aromatic carbocycles. The molecule has 0 radical (unpaired) electrons. The van der Waals surface area contributed by atoms with E-state index < -0.39 is 0 Å². The third-order valence-electron chi connectivity index (χ3n) is 4.17. The second-order valence-corrected chi connectivity index (χ2v) is 5.77. The summed E-state index contributed by atoms with van der Waals surface area (Å²) in [5.74, 6) is 0.867. The van der Waals surface area contributed by atoms with Crippen LogP contribution in [0, 0.1) is 0 Å². The minimum Gasteiger partial charge on any atom is -0.496 e. The van der Waals surface area contributed by atoms with Gasteiger partial charge in [-0.15, -0.1) is 0 Å². The van der Waals surface area contributed by atoms with Crippen LogP contribution in [0.1, 0.15) is 19.3 Å². The highest BCUT2D eigenvalue weighted by molar-refractivity contribution is 5.95. The van der Waals surface area contributed by atoms with E-state index in [2.05, 4.69) is 10.6 Å². The zero-order valence-electron chi connectivity index (χ0n) is 13.3. The van der Waals surface area contributed by atoms with Crippen molar-refractivity contribution in [2.24, 2.45) is 0 Å². The minimum absolute atomic E-state index is 0.0434. The van der Waals surface area contributed by atoms with Gasteiger partial charge >= 0.3 is 0 Å². The van der Waals surface area contributed by atoms with E-state index in [1.54, 1.807) is 7.11 Å². The van der Waals surface area contributed by atoms with E-state index in [-0.39, 0.29) is 11.9 Å². The lowest BCUT2D eigenvalue weighted by atomic mass is 10.0. The van der Waals surface area contributed by atoms with Crippen LogP contribution >= 0.6 is 0 Å². The predicted octanol–water partition coefficient (Wildman–Crippen LogP) is 3.44. The lowest BCUT2D eigenvalue weighted by molar-refractivity contribution is -0.118. The second-order valence-electron chi connectivity index (χ2n) is 5.77. The van der Waals surface area contributed by atoms with E-state index in [0.29, 0.717) is 0 Å². The van der Waals surface area contributed by atoms with Crippen molar-refractivity contribution in [3.05, 3.63) is 48.5 Å². The summed E-state index contributed by atoms with van der Waals surface area (Å²) in [6, 6.07) is 15.7. The highest BCUT2D eigenvalue weighted by Gasteiger charge is 2.20. The van der Waals surface area contributed by atoms with Gasteiger partial charge in [-0.2, -0.15) is 0 Å². The van der Waals surface area contributed by atoms with Crippen molar-refractivity contribution < 1.29 is 9.53 Å². The second kappa shape index (κ2) is 7.29. The number of carbonyl (C=O) groups is 1. The molecule has 1 fully saturated rings. The zero-order chi connectivity index (χ0) is 16.1. The van der Waals surface area contributed by atoms with Crippen molar-refractivity contribution in [1.29, 1.82) is 0 Å². The van der Waals surface area contributed by atoms with Gasteiger partial charge in [-0.1, -0.05) is 36.8 Å². The first-order chi connectivity index (χ1) is 11.3. The van der Waals surface area contributed by atoms with Crippen molar-refractivity contribution in [3.63, 3.8) is 0 Å². The van der Waals surface area contributed by atoms with Crippen LogP contribution in [0.3, 0.4) is 0 Å². The van der Waals surface area contributed by atoms with Gasteiger partial charge in [0, 0.05) is 11.3 Å². The van der Waals surface area contributed by atoms with Crippen LogP contribution in [0.15, 0.2) is 48.5 Å². The Morgan fingerprint density at radius 3 is 2.83 bits per heavy atom. The molecular formula is C19H22N2O2. The molecule has 0 bridgehead atoms. The fourth-order valence-corrected chi connectivity index (χ4v) is 2.95. The normalized spacial score (nSPS) is 17.5. The molecule has 2 aromatic rings. The Kier molecular flexibility index (Phi) is 4.93. The molecule has 1 amide bonds. The highest BCUT2D eigenvalue weighted by Crippen LogP contribution is 2.31. The van der Waals surface area contributed by atoms with Crippen molar-refractivity contribution in [3.8, 4) is 16.9 Å². The van der Waals surface area contributed by atoms with Gasteiger partial charge in [0.15, 0.2) is 0 Å². The lowest BCUT2D eigenvalue weighted by Gasteiger charge is -2.22. The van der Waals surface area contributed by atoms with Crippen molar-refractivity contribution in [2.45, 2.75) is 25.3 Å². The molecular weight excluding hydrogens is 288 g/mol. The minimum atomic E-state index is -0.0846. The van der Waals surface area contributed by atoms with Gasteiger partial charge in [-0.05, 0) is 43.1 Å². The average Bonchev–Trinajstić information content (AvgIpc) is 2.62. The van der Waals surface area contributed by atoms with E-state index in [4.69, 9.17) is 4.74 Å². The quantitative estimate of drug-likeness (QED) is 0.909. The molecule has 0 saturated carbocycles. The first kappa shape index (κ1) is 15.6. The van der Waals surface area contributed by atoms with Crippen LogP contribution < -0.4 is 15.4 Å². The third-order valence-corrected chi connectivity index (χ3v) is 4.17. The Hall–Kier alpha value is -2.33. The number of piperidine rings is 1. The molecule has 0 aromatic heterocycles. The first-order valence-electron chi connectivity index (χ1n) is 8.05. The molecule has 4 heteroatoms. The molecule has 0 unspecified atom stereocenters. The smallest absolute Gasteiger partial charge is 0.241 e. The summed E-state index contributed by atoms with van der Waals surface area (Å²) >= 11 is 0. The van der Waals surface area contributed by atoms with E-state index >= 15 is 0 Å². The molecule has 1 atom stereocenters. The first-order valence-corrected chi connectivity index (χ1v) is 8.05. The van der Waals surface area contributed by atoms with Crippen molar-refractivity contribution in [1.82, 2.24) is 5.32 Å². The van der Waals surface area contributed by atoms with Gasteiger partial charge in [-0.25, -0.2) is 0 Å². The molecule has 23 heavy (non-hydrogen) atoms. The Balaban J connectivity index is 1.78. The maximum atomic E-state index is 12.3. The van der Waals surface area contributed by atoms with E-state index in [0.717, 1.165) is 48.4 Å². The van der Waals surface area contributed by atoms with Crippen molar-refractivity contribution >= 4 is 11.6 Å². The molecule has 1 heterocycles. The number of para-hydroxylation sites is 1. The molecule has 2 N–H and O–H groups in total. The van der Waals surface area contributed by atoms with Crippen molar-refractivity contribution in [2.75, 3.05) is 19.0 Å². The number of anilines is 1. The van der Waals surface area contributed by atoms with Gasteiger partial charge in [0.05, 0.1) is 13.2 Å². The number of hydrogen-bond acceptors (Lipinski definition) is 3. The fraction of sp³-hybridized carbons (Fsp3) is 0.316. The number of benzene rings is 2. The summed E-state index contributed by atoms with van der Waals surface area (Å²) in [6.07, 6.45) is 3.15. The molecule has 1 saturated heterocycles. The Bertz CT molecular complexity index is 679. The monoisotopic (exact) mass is 310 g/mol. The fourth-order valence-electron chi connectivity index (χ4n) is 2.95. The molecule has 120 valence electrons. The number of amides is 1. The van der Waals surface area contributed by atoms with Gasteiger partial charge in [-0.3, -0.25) is 4.79 Å². The molecule has 0 spiro atoms. The lowest BCUT2D eigenvalue weighted by Crippen LogP contribution is -2.43. The Morgan fingerprint density at radius 1 is 1.17 bits per heavy atom. The molecule has 0 aliphatic carbocycles. The van der Waals surface area contributed by atoms with Crippen LogP contribution in [0.5, 0.6) is 5.75 Å². The van der Waals surface area contributed by atoms with Crippen LogP contribution in [-0.2, 0) is 4.79 Å². The number of carbonyl (C=O) groups excluding carboxylic acids is 1. The van der Waals surface area contributed by atoms with E-state index in [9.17, 15) is 4.79 Å². The number of methoxy groups -OCH3 is 1. The van der Waals surface area contributed by atoms with Gasteiger partial charge in [0.1, 0.15) is 5.75 Å². The van der Waals surface area contributed by atoms with Crippen LogP contribution in [-0.4, -0.2) is 25.6 Å². The largest absolute Gasteiger partial charge is 0.496 e. The topological polar surface area (TPSA) is 50.4 Å². The van der Waals surface area contributed by atoms with Gasteiger partial charge < -0.3 is 15.4 Å². The van der Waals surface area contributed by atoms with Crippen LogP contribution in [0.25, 0.3) is 11.1 Å². The summed E-state index contributed by atoms with van der Waals surface area (Å²) in [6.45, 7) is 0.916. The van der Waals surface area contributed by atoms with Crippen LogP contribution in [0.2, 0.25) is 0 Å². The zero-order valence-corrected chi connectivity index (χ0v) is 13.3. The third kappa shape index (κ3) is 3.71. The summed E-state index contributed by atoms with van der Waals surface area (Å²) in [7, 11) is 1.67. The number of hydrogen-bond donors (Lipinski definition) is 2. The molecule has 1 aliphatic rings. The van der Waals surface area contributed by atoms with Gasteiger partial charge in [0.2, 0.25) is 5.91 Å². The van der Waals surface area contributed by atoms with Crippen LogP contribution in [0.4, 0.5) is 5.69 Å². The summed E-state index contributed by atoms with van der Waals surface area (Å²) in [5.41, 5.74) is 2.85. The summed E-state index contributed by atoms with van der Waals surface area (Å²) in [5, 5.41) is 6.29. The maximum absolute atomic E-state index is 12.3. The number of ether oxygens (including phenoxy) is 1. The Labute approximate surface area is 136 Å². The number of nitrogens with one attached hydrogen (secondary N) is 2. The van der Waals surface area contributed by atoms with Gasteiger partial charge in [0.25, 0.3) is 0 Å². The molecule has 1 aliphatic heterocycles.